The summed E-state index contributed by atoms with van der Waals surface area (Å²) in [7, 11) is 1.56. The van der Waals surface area contributed by atoms with Gasteiger partial charge >= 0.3 is 0 Å². The molecule has 0 radical (unpaired) electrons. The number of nitrogens with one attached hydrogen (secondary N) is 1. The predicted molar refractivity (Wildman–Crippen MR) is 142 cm³/mol. The Kier molecular flexibility index (Phi) is 12.0. The largest absolute Gasteiger partial charge is 0.497 e. The number of hydrogen-bond acceptors (Lipinski definition) is 7. The van der Waals surface area contributed by atoms with Crippen molar-refractivity contribution >= 4 is 11.7 Å². The normalized spacial score (nSPS) is 17.1. The number of carbonyl (C=O) groups excluding carboxylic acids is 2. The smallest absolute Gasteiger partial charge is 0.220 e. The first-order chi connectivity index (χ1) is 18.4. The second-order valence-corrected chi connectivity index (χ2v) is 9.64. The average Bonchev–Trinajstić information content (AvgIpc) is 3.35. The molecule has 0 spiro atoms. The molecule has 3 atom stereocenters. The Labute approximate surface area is 223 Å². The van der Waals surface area contributed by atoms with Gasteiger partial charge in [-0.15, -0.1) is 0 Å². The first kappa shape index (κ1) is 29.5. The molecular formula is C29H39FN2O6. The van der Waals surface area contributed by atoms with Crippen LogP contribution in [0.4, 0.5) is 4.39 Å². The van der Waals surface area contributed by atoms with Crippen molar-refractivity contribution in [1.29, 1.82) is 0 Å². The molecule has 0 bridgehead atoms. The van der Waals surface area contributed by atoms with Gasteiger partial charge in [0.15, 0.2) is 5.78 Å². The van der Waals surface area contributed by atoms with Crippen LogP contribution in [-0.2, 0) is 4.79 Å². The fourth-order valence-corrected chi connectivity index (χ4v) is 4.47. The lowest BCUT2D eigenvalue weighted by Crippen LogP contribution is -2.47. The van der Waals surface area contributed by atoms with Crippen molar-refractivity contribution in [1.82, 2.24) is 10.2 Å². The molecule has 2 aromatic carbocycles. The van der Waals surface area contributed by atoms with Crippen LogP contribution >= 0.6 is 0 Å². The van der Waals surface area contributed by atoms with E-state index in [1.165, 1.54) is 0 Å². The van der Waals surface area contributed by atoms with E-state index < -0.39 is 18.2 Å². The first-order valence-electron chi connectivity index (χ1n) is 13.2. The average molecular weight is 531 g/mol. The molecular weight excluding hydrogens is 491 g/mol. The van der Waals surface area contributed by atoms with Gasteiger partial charge in [-0.25, -0.2) is 0 Å². The molecule has 1 amide bonds. The number of ketones is 1. The van der Waals surface area contributed by atoms with E-state index in [9.17, 15) is 24.2 Å². The zero-order valence-corrected chi connectivity index (χ0v) is 22.0. The second-order valence-electron chi connectivity index (χ2n) is 9.64. The van der Waals surface area contributed by atoms with Gasteiger partial charge in [0.1, 0.15) is 17.6 Å². The molecule has 38 heavy (non-hydrogen) atoms. The molecule has 0 unspecified atom stereocenters. The Bertz CT molecular complexity index is 1000. The molecule has 3 rings (SSSR count). The molecule has 1 saturated heterocycles. The number of β-amino-alcohol motifs (C(OH)–C–C–N with tert-alkyl or cyclic N) is 1. The quantitative estimate of drug-likeness (QED) is 0.225. The van der Waals surface area contributed by atoms with Gasteiger partial charge in [-0.2, -0.15) is 0 Å². The van der Waals surface area contributed by atoms with Crippen LogP contribution in [0.1, 0.15) is 60.6 Å². The number of hydrogen-bond donors (Lipinski definition) is 3. The minimum Gasteiger partial charge on any atom is -0.497 e. The summed E-state index contributed by atoms with van der Waals surface area (Å²) in [6.07, 6.45) is 1.12. The summed E-state index contributed by atoms with van der Waals surface area (Å²) < 4.78 is 23.0. The number of ether oxygens (including phenoxy) is 2. The number of unbranched alkanes of at least 4 members (excludes halogenated alkanes) is 1. The fourth-order valence-electron chi connectivity index (χ4n) is 4.47. The van der Waals surface area contributed by atoms with E-state index in [2.05, 4.69) is 5.32 Å². The molecule has 208 valence electrons. The summed E-state index contributed by atoms with van der Waals surface area (Å²) in [5, 5.41) is 24.0. The van der Waals surface area contributed by atoms with Crippen LogP contribution in [0.3, 0.4) is 0 Å². The van der Waals surface area contributed by atoms with Gasteiger partial charge in [0.2, 0.25) is 5.91 Å². The van der Waals surface area contributed by atoms with Crippen molar-refractivity contribution in [3.8, 4) is 11.5 Å². The highest BCUT2D eigenvalue weighted by Gasteiger charge is 2.29. The minimum absolute atomic E-state index is 0.0462. The van der Waals surface area contributed by atoms with E-state index in [0.717, 1.165) is 0 Å². The number of rotatable bonds is 16. The number of alkyl halides is 1. The molecule has 0 saturated carbocycles. The number of halogens is 1. The number of methoxy groups -OCH3 is 1. The molecule has 3 N–H and O–H groups in total. The number of nitrogens with zero attached hydrogens (tertiary/aromatic N) is 1. The van der Waals surface area contributed by atoms with Crippen LogP contribution in [0.5, 0.6) is 11.5 Å². The zero-order chi connectivity index (χ0) is 27.3. The third-order valence-corrected chi connectivity index (χ3v) is 6.67. The lowest BCUT2D eigenvalue weighted by Gasteiger charge is -2.29. The van der Waals surface area contributed by atoms with Crippen molar-refractivity contribution in [2.45, 2.75) is 56.8 Å². The van der Waals surface area contributed by atoms with Crippen LogP contribution in [0.2, 0.25) is 0 Å². The Morgan fingerprint density at radius 3 is 2.39 bits per heavy atom. The van der Waals surface area contributed by atoms with Gasteiger partial charge in [0.05, 0.1) is 32.5 Å². The van der Waals surface area contributed by atoms with Crippen molar-refractivity contribution in [2.75, 3.05) is 40.0 Å². The monoisotopic (exact) mass is 530 g/mol. The topological polar surface area (TPSA) is 108 Å². The van der Waals surface area contributed by atoms with Gasteiger partial charge in [-0.05, 0) is 67.6 Å². The molecule has 0 aliphatic carbocycles. The number of aliphatic hydroxyl groups is 2. The lowest BCUT2D eigenvalue weighted by molar-refractivity contribution is -0.123. The molecule has 8 nitrogen and oxygen atoms in total. The molecule has 0 aromatic heterocycles. The van der Waals surface area contributed by atoms with Gasteiger partial charge in [0.25, 0.3) is 0 Å². The van der Waals surface area contributed by atoms with Crippen LogP contribution in [-0.4, -0.2) is 79.0 Å². The number of benzene rings is 2. The van der Waals surface area contributed by atoms with E-state index in [1.54, 1.807) is 55.6 Å². The van der Waals surface area contributed by atoms with Gasteiger partial charge in [-0.3, -0.25) is 18.9 Å². The van der Waals surface area contributed by atoms with Gasteiger partial charge in [-0.1, -0.05) is 12.1 Å². The van der Waals surface area contributed by atoms with E-state index in [1.807, 2.05) is 4.90 Å². The van der Waals surface area contributed by atoms with Crippen LogP contribution in [0.15, 0.2) is 48.5 Å². The summed E-state index contributed by atoms with van der Waals surface area (Å²) in [5.41, 5.74) is 1.20. The Balaban J connectivity index is 1.55. The third-order valence-electron chi connectivity index (χ3n) is 6.67. The maximum atomic E-state index is 12.8. The van der Waals surface area contributed by atoms with E-state index in [-0.39, 0.29) is 31.2 Å². The number of aliphatic hydroxyl groups excluding tert-OH is 2. The third kappa shape index (κ3) is 9.38. The highest BCUT2D eigenvalue weighted by molar-refractivity contribution is 5.96. The van der Waals surface area contributed by atoms with Crippen molar-refractivity contribution < 1.29 is 33.7 Å². The van der Waals surface area contributed by atoms with Crippen LogP contribution in [0, 0.1) is 0 Å². The Morgan fingerprint density at radius 2 is 1.76 bits per heavy atom. The van der Waals surface area contributed by atoms with E-state index in [0.29, 0.717) is 74.6 Å². The molecule has 2 aromatic rings. The van der Waals surface area contributed by atoms with Crippen molar-refractivity contribution in [2.24, 2.45) is 0 Å². The first-order valence-corrected chi connectivity index (χ1v) is 13.2. The van der Waals surface area contributed by atoms with Gasteiger partial charge < -0.3 is 25.0 Å². The minimum atomic E-state index is -0.974. The van der Waals surface area contributed by atoms with E-state index in [4.69, 9.17) is 9.47 Å². The molecule has 1 aliphatic heterocycles. The Morgan fingerprint density at radius 1 is 1.05 bits per heavy atom. The van der Waals surface area contributed by atoms with Crippen LogP contribution < -0.4 is 14.8 Å². The number of carbonyl (C=O) groups is 2. The highest BCUT2D eigenvalue weighted by Crippen LogP contribution is 2.23. The number of Topliss-reactive ketones (excluding diaryl/α,β-unsaturated/α-hetero) is 1. The predicted octanol–water partition coefficient (Wildman–Crippen LogP) is 3.46. The fraction of sp³-hybridized carbons (Fsp3) is 0.517. The molecule has 9 heteroatoms. The molecule has 1 heterocycles. The summed E-state index contributed by atoms with van der Waals surface area (Å²) in [6.45, 7) is 1.61. The number of amides is 1. The van der Waals surface area contributed by atoms with Gasteiger partial charge in [0, 0.05) is 38.0 Å². The summed E-state index contributed by atoms with van der Waals surface area (Å²) in [5.74, 6) is 1.01. The highest BCUT2D eigenvalue weighted by atomic mass is 19.1. The second kappa shape index (κ2) is 15.4. The molecule has 1 aliphatic rings. The SMILES string of the molecule is COc1ccc(C(=O)CCCC(=O)N[C@H](CN2CC[C@@H](O)C2)[C@@H](O)c2ccc(OCCCCF)cc2)cc1. The molecule has 1 fully saturated rings. The summed E-state index contributed by atoms with van der Waals surface area (Å²) in [4.78, 5) is 27.3. The van der Waals surface area contributed by atoms with Crippen molar-refractivity contribution in [3.05, 3.63) is 59.7 Å². The maximum absolute atomic E-state index is 12.8. The lowest BCUT2D eigenvalue weighted by atomic mass is 10.0. The summed E-state index contributed by atoms with van der Waals surface area (Å²) in [6, 6.07) is 13.3. The number of likely N-dealkylation sites (tertiary alicyclic amines) is 1. The van der Waals surface area contributed by atoms with Crippen molar-refractivity contribution in [3.63, 3.8) is 0 Å². The Hall–Kier alpha value is -3.01. The zero-order valence-electron chi connectivity index (χ0n) is 22.0. The maximum Gasteiger partial charge on any atom is 0.220 e. The van der Waals surface area contributed by atoms with E-state index >= 15 is 0 Å². The standard InChI is InChI=1S/C29H39FN2O6/c1-37-24-11-7-21(8-12-24)27(34)5-4-6-28(35)31-26(20-32-17-15-23(33)19-32)29(36)22-9-13-25(14-10-22)38-18-3-2-16-30/h7-14,23,26,29,33,36H,2-6,15-20H2,1H3,(H,31,35)/t23-,26-,29+/m1/s1. The van der Waals surface area contributed by atoms with Crippen LogP contribution in [0.25, 0.3) is 0 Å². The summed E-state index contributed by atoms with van der Waals surface area (Å²) >= 11 is 0.